The highest BCUT2D eigenvalue weighted by molar-refractivity contribution is 6.14. The molecule has 174 valence electrons. The van der Waals surface area contributed by atoms with Crippen LogP contribution in [0.5, 0.6) is 0 Å². The number of pyridine rings is 1. The molecular formula is C33H22N3O+. The van der Waals surface area contributed by atoms with Crippen molar-refractivity contribution in [1.82, 2.24) is 0 Å². The van der Waals surface area contributed by atoms with E-state index >= 15 is 0 Å². The van der Waals surface area contributed by atoms with Gasteiger partial charge in [-0.1, -0.05) is 54.6 Å². The van der Waals surface area contributed by atoms with E-state index in [0.29, 0.717) is 28.0 Å². The second-order valence-corrected chi connectivity index (χ2v) is 9.12. The summed E-state index contributed by atoms with van der Waals surface area (Å²) in [4.78, 5) is 3.86. The molecule has 4 nitrogen and oxygen atoms in total. The lowest BCUT2D eigenvalue weighted by Crippen LogP contribution is -2.30. The minimum atomic E-state index is 0.479. The molecule has 0 aliphatic rings. The van der Waals surface area contributed by atoms with Crippen LogP contribution in [0.15, 0.2) is 102 Å². The largest absolute Gasteiger partial charge is 0.455 e. The summed E-state index contributed by atoms with van der Waals surface area (Å²) < 4.78 is 8.73. The Balaban J connectivity index is 1.67. The molecule has 2 heterocycles. The lowest BCUT2D eigenvalue weighted by Gasteiger charge is -2.10. The summed E-state index contributed by atoms with van der Waals surface area (Å²) in [6.45, 7) is 10.0. The van der Waals surface area contributed by atoms with E-state index in [1.165, 1.54) is 0 Å². The minimum Gasteiger partial charge on any atom is -0.455 e. The lowest BCUT2D eigenvalue weighted by molar-refractivity contribution is -0.660. The summed E-state index contributed by atoms with van der Waals surface area (Å²) in [5, 5.41) is 12.0. The second kappa shape index (κ2) is 8.79. The van der Waals surface area contributed by atoms with Crippen LogP contribution in [0.2, 0.25) is 0 Å². The average Bonchev–Trinajstić information content (AvgIpc) is 3.32. The van der Waals surface area contributed by atoms with Crippen molar-refractivity contribution in [2.45, 2.75) is 6.92 Å². The van der Waals surface area contributed by atoms with Gasteiger partial charge in [0.25, 0.3) is 0 Å². The topological polar surface area (TPSA) is 45.2 Å². The van der Waals surface area contributed by atoms with E-state index in [4.69, 9.17) is 11.0 Å². The van der Waals surface area contributed by atoms with E-state index in [1.54, 1.807) is 0 Å². The molecule has 0 bridgehead atoms. The zero-order valence-electron chi connectivity index (χ0n) is 20.5. The van der Waals surface area contributed by atoms with Crippen LogP contribution in [0.1, 0.15) is 11.1 Å². The molecular weight excluding hydrogens is 454 g/mol. The summed E-state index contributed by atoms with van der Waals surface area (Å²) in [5.74, 6) is 0. The molecule has 37 heavy (non-hydrogen) atoms. The Bertz CT molecular complexity index is 1920. The summed E-state index contributed by atoms with van der Waals surface area (Å²) in [5.41, 5.74) is 8.87. The number of nitrogens with zero attached hydrogens (tertiary/aromatic N) is 3. The molecule has 0 amide bonds. The van der Waals surface area contributed by atoms with Gasteiger partial charge in [0.1, 0.15) is 18.2 Å². The van der Waals surface area contributed by atoms with E-state index in [-0.39, 0.29) is 0 Å². The monoisotopic (exact) mass is 476 g/mol. The van der Waals surface area contributed by atoms with Crippen LogP contribution in [0.3, 0.4) is 0 Å². The fourth-order valence-corrected chi connectivity index (χ4v) is 5.11. The van der Waals surface area contributed by atoms with Crippen molar-refractivity contribution < 1.29 is 8.98 Å². The summed E-state index contributed by atoms with van der Waals surface area (Å²) in [6.07, 6.45) is 2.02. The van der Waals surface area contributed by atoms with Crippen molar-refractivity contribution >= 4 is 27.6 Å². The van der Waals surface area contributed by atoms with Crippen molar-refractivity contribution in [2.24, 2.45) is 7.05 Å². The molecule has 0 spiro atoms. The smallest absolute Gasteiger partial charge is 0.216 e. The first-order chi connectivity index (χ1) is 18.1. The fraction of sp³-hybridized carbons (Fsp3) is 0.0606. The number of rotatable bonds is 3. The molecule has 6 aromatic rings. The van der Waals surface area contributed by atoms with Gasteiger partial charge in [-0.25, -0.2) is 9.41 Å². The van der Waals surface area contributed by atoms with E-state index in [9.17, 15) is 5.26 Å². The number of fused-ring (bicyclic) bond motifs is 3. The normalized spacial score (nSPS) is 10.9. The van der Waals surface area contributed by atoms with Gasteiger partial charge in [0, 0.05) is 28.5 Å². The third kappa shape index (κ3) is 3.56. The molecule has 0 saturated carbocycles. The third-order valence-electron chi connectivity index (χ3n) is 6.94. The molecule has 0 N–H and O–H groups in total. The molecule has 0 atom stereocenters. The standard InChI is InChI=1S/C33H22N3O/c1-21-12-15-25-26-16-14-24(20-34)31(33(26)37-32(25)30(21)29-11-7-8-18-36(29)3)27-17-13-23(19-28(27)35-2)22-9-5-4-6-10-22/h4-19H,1,3H3/q+1. The van der Waals surface area contributed by atoms with Gasteiger partial charge in [0.2, 0.25) is 5.69 Å². The molecule has 4 aromatic carbocycles. The second-order valence-electron chi connectivity index (χ2n) is 9.12. The van der Waals surface area contributed by atoms with Gasteiger partial charge in [0.05, 0.1) is 23.8 Å². The van der Waals surface area contributed by atoms with Crippen LogP contribution in [0.25, 0.3) is 60.3 Å². The molecule has 0 fully saturated rings. The number of furan rings is 1. The van der Waals surface area contributed by atoms with Crippen LogP contribution < -0.4 is 4.57 Å². The van der Waals surface area contributed by atoms with Gasteiger partial charge in [-0.15, -0.1) is 0 Å². The number of aromatic nitrogens is 1. The average molecular weight is 477 g/mol. The van der Waals surface area contributed by atoms with E-state index in [0.717, 1.165) is 44.3 Å². The Morgan fingerprint density at radius 3 is 2.27 bits per heavy atom. The molecule has 4 heteroatoms. The zero-order valence-corrected chi connectivity index (χ0v) is 20.5. The summed E-state index contributed by atoms with van der Waals surface area (Å²) in [7, 11) is 2.02. The number of nitriles is 1. The lowest BCUT2D eigenvalue weighted by atomic mass is 9.93. The molecule has 0 unspecified atom stereocenters. The SMILES string of the molecule is [C-]#[N+]c1cc(-c2ccccc2)ccc1-c1c(C#N)ccc2c1oc1c(-c3cccc[n+]3C)c(C)ccc12. The van der Waals surface area contributed by atoms with Crippen molar-refractivity contribution in [3.8, 4) is 39.6 Å². The molecule has 6 rings (SSSR count). The quantitative estimate of drug-likeness (QED) is 0.191. The maximum absolute atomic E-state index is 10.1. The van der Waals surface area contributed by atoms with Crippen LogP contribution in [-0.2, 0) is 7.05 Å². The Hall–Kier alpha value is -5.19. The van der Waals surface area contributed by atoms with Gasteiger partial charge >= 0.3 is 0 Å². The number of aryl methyl sites for hydroxylation is 2. The Labute approximate surface area is 215 Å². The van der Waals surface area contributed by atoms with Crippen molar-refractivity contribution in [3.63, 3.8) is 0 Å². The summed E-state index contributed by atoms with van der Waals surface area (Å²) in [6, 6.07) is 32.2. The Morgan fingerprint density at radius 1 is 0.811 bits per heavy atom. The number of hydrogen-bond donors (Lipinski definition) is 0. The molecule has 0 radical (unpaired) electrons. The van der Waals surface area contributed by atoms with Crippen LogP contribution in [0.4, 0.5) is 5.69 Å². The number of hydrogen-bond acceptors (Lipinski definition) is 2. The molecule has 0 aliphatic carbocycles. The first kappa shape index (κ1) is 22.3. The molecule has 2 aromatic heterocycles. The van der Waals surface area contributed by atoms with Crippen molar-refractivity contribution in [2.75, 3.05) is 0 Å². The van der Waals surface area contributed by atoms with E-state index < -0.39 is 0 Å². The highest BCUT2D eigenvalue weighted by Gasteiger charge is 2.23. The zero-order chi connectivity index (χ0) is 25.5. The first-order valence-corrected chi connectivity index (χ1v) is 12.0. The van der Waals surface area contributed by atoms with Crippen LogP contribution in [-0.4, -0.2) is 0 Å². The third-order valence-corrected chi connectivity index (χ3v) is 6.94. The highest BCUT2D eigenvalue weighted by atomic mass is 16.3. The predicted molar refractivity (Wildman–Crippen MR) is 147 cm³/mol. The number of benzene rings is 4. The maximum Gasteiger partial charge on any atom is 0.216 e. The van der Waals surface area contributed by atoms with E-state index in [1.807, 2.05) is 86.0 Å². The highest BCUT2D eigenvalue weighted by Crippen LogP contribution is 2.44. The van der Waals surface area contributed by atoms with Gasteiger partial charge in [-0.2, -0.15) is 5.26 Å². The predicted octanol–water partition coefficient (Wildman–Crippen LogP) is 8.14. The summed E-state index contributed by atoms with van der Waals surface area (Å²) >= 11 is 0. The van der Waals surface area contributed by atoms with Crippen molar-refractivity contribution in [3.05, 3.63) is 120 Å². The van der Waals surface area contributed by atoms with Crippen LogP contribution in [0, 0.1) is 24.8 Å². The molecule has 0 aliphatic heterocycles. The van der Waals surface area contributed by atoms with Crippen LogP contribution >= 0.6 is 0 Å². The fourth-order valence-electron chi connectivity index (χ4n) is 5.11. The minimum absolute atomic E-state index is 0.479. The molecule has 0 saturated heterocycles. The maximum atomic E-state index is 10.1. The van der Waals surface area contributed by atoms with Crippen molar-refractivity contribution in [1.29, 1.82) is 5.26 Å². The Kier molecular flexibility index (Phi) is 5.29. The van der Waals surface area contributed by atoms with Gasteiger partial charge in [-0.05, 0) is 53.4 Å². The van der Waals surface area contributed by atoms with Gasteiger partial charge in [0.15, 0.2) is 11.9 Å². The Morgan fingerprint density at radius 2 is 1.54 bits per heavy atom. The van der Waals surface area contributed by atoms with Gasteiger partial charge < -0.3 is 4.42 Å². The van der Waals surface area contributed by atoms with Gasteiger partial charge in [-0.3, -0.25) is 0 Å². The van der Waals surface area contributed by atoms with E-state index in [2.05, 4.69) is 40.6 Å². The first-order valence-electron chi connectivity index (χ1n) is 12.0.